The van der Waals surface area contributed by atoms with Crippen LogP contribution in [0.3, 0.4) is 0 Å². The molecule has 6 heteroatoms. The van der Waals surface area contributed by atoms with Gasteiger partial charge in [-0.15, -0.1) is 0 Å². The average Bonchev–Trinajstić information content (AvgIpc) is 3.52. The van der Waals surface area contributed by atoms with E-state index < -0.39 is 0 Å². The predicted octanol–water partition coefficient (Wildman–Crippen LogP) is 5.44. The maximum atomic E-state index is 13.6. The summed E-state index contributed by atoms with van der Waals surface area (Å²) in [5, 5.41) is 1.17. The van der Waals surface area contributed by atoms with Gasteiger partial charge in [0.2, 0.25) is 5.91 Å². The molecule has 182 valence electrons. The highest BCUT2D eigenvalue weighted by atomic mass is 16.3. The Kier molecular flexibility index (Phi) is 7.70. The molecule has 0 atom stereocenters. The quantitative estimate of drug-likeness (QED) is 0.335. The van der Waals surface area contributed by atoms with Crippen LogP contribution >= 0.6 is 0 Å². The number of nitrogens with zero attached hydrogens (tertiary/aromatic N) is 2. The van der Waals surface area contributed by atoms with Gasteiger partial charge in [0, 0.05) is 36.7 Å². The van der Waals surface area contributed by atoms with Gasteiger partial charge in [-0.1, -0.05) is 61.9 Å². The number of carbonyl (C=O) groups excluding carboxylic acids is 2. The molecule has 0 aliphatic carbocycles. The number of nitrogens with one attached hydrogen (secondary N) is 1. The minimum atomic E-state index is -0.260. The topological polar surface area (TPSA) is 69.6 Å². The zero-order chi connectivity index (χ0) is 24.8. The normalized spacial score (nSPS) is 11.2. The van der Waals surface area contributed by atoms with Gasteiger partial charge < -0.3 is 19.2 Å². The van der Waals surface area contributed by atoms with Crippen LogP contribution < -0.4 is 0 Å². The van der Waals surface area contributed by atoms with Crippen molar-refractivity contribution in [2.24, 2.45) is 5.92 Å². The average molecular weight is 472 g/mol. The Morgan fingerprint density at radius 2 is 1.74 bits per heavy atom. The van der Waals surface area contributed by atoms with Gasteiger partial charge in [0.05, 0.1) is 6.26 Å². The number of rotatable bonds is 10. The molecule has 2 aromatic heterocycles. The molecule has 0 bridgehead atoms. The van der Waals surface area contributed by atoms with Crippen LogP contribution in [-0.2, 0) is 17.8 Å². The lowest BCUT2D eigenvalue weighted by Gasteiger charge is -2.28. The first-order chi connectivity index (χ1) is 16.9. The van der Waals surface area contributed by atoms with Crippen molar-refractivity contribution in [2.45, 2.75) is 33.7 Å². The number of fused-ring (bicyclic) bond motifs is 1. The van der Waals surface area contributed by atoms with E-state index in [1.54, 1.807) is 17.0 Å². The maximum absolute atomic E-state index is 13.6. The van der Waals surface area contributed by atoms with E-state index in [1.165, 1.54) is 22.8 Å². The highest BCUT2D eigenvalue weighted by Crippen LogP contribution is 2.19. The molecule has 4 rings (SSSR count). The predicted molar refractivity (Wildman–Crippen MR) is 138 cm³/mol. The molecule has 0 spiro atoms. The summed E-state index contributed by atoms with van der Waals surface area (Å²) in [5.41, 5.74) is 4.51. The van der Waals surface area contributed by atoms with Crippen molar-refractivity contribution in [3.05, 3.63) is 95.6 Å². The Morgan fingerprint density at radius 1 is 0.971 bits per heavy atom. The summed E-state index contributed by atoms with van der Waals surface area (Å²) in [4.78, 5) is 33.4. The van der Waals surface area contributed by atoms with Gasteiger partial charge in [-0.2, -0.15) is 0 Å². The van der Waals surface area contributed by atoms with Gasteiger partial charge in [-0.3, -0.25) is 9.59 Å². The molecule has 4 aromatic rings. The minimum absolute atomic E-state index is 0.0114. The molecule has 2 amide bonds. The summed E-state index contributed by atoms with van der Waals surface area (Å²) in [5.74, 6) is 0.135. The number of furan rings is 1. The Labute approximate surface area is 206 Å². The van der Waals surface area contributed by atoms with Crippen molar-refractivity contribution in [1.29, 1.82) is 0 Å². The van der Waals surface area contributed by atoms with Crippen LogP contribution in [0.2, 0.25) is 0 Å². The van der Waals surface area contributed by atoms with E-state index in [0.29, 0.717) is 19.6 Å². The van der Waals surface area contributed by atoms with E-state index >= 15 is 0 Å². The molecular formula is C29H33N3O3. The first-order valence-corrected chi connectivity index (χ1v) is 12.1. The Bertz CT molecular complexity index is 1260. The van der Waals surface area contributed by atoms with E-state index in [2.05, 4.69) is 41.4 Å². The monoisotopic (exact) mass is 471 g/mol. The van der Waals surface area contributed by atoms with Crippen molar-refractivity contribution in [2.75, 3.05) is 19.6 Å². The third-order valence-electron chi connectivity index (χ3n) is 6.10. The standard InChI is InChI=1S/C29H33N3O3/c1-21(2)18-32(29(34)27-9-6-16-35-27)20-28(33)31(19-23-12-10-22(3)11-13-23)15-14-24-17-30-26-8-5-4-7-25(24)26/h4-13,16-17,21,30H,14-15,18-20H2,1-3H3. The van der Waals surface area contributed by atoms with Gasteiger partial charge in [0.25, 0.3) is 5.91 Å². The number of hydrogen-bond donors (Lipinski definition) is 1. The zero-order valence-electron chi connectivity index (χ0n) is 20.7. The molecule has 0 fully saturated rings. The second kappa shape index (κ2) is 11.1. The van der Waals surface area contributed by atoms with Crippen LogP contribution in [0, 0.1) is 12.8 Å². The van der Waals surface area contributed by atoms with Crippen molar-refractivity contribution in [1.82, 2.24) is 14.8 Å². The number of aromatic nitrogens is 1. The van der Waals surface area contributed by atoms with Crippen LogP contribution in [0.1, 0.15) is 41.1 Å². The molecule has 0 aliphatic heterocycles. The number of benzene rings is 2. The van der Waals surface area contributed by atoms with E-state index in [4.69, 9.17) is 4.42 Å². The smallest absolute Gasteiger partial charge is 0.290 e. The zero-order valence-corrected chi connectivity index (χ0v) is 20.7. The van der Waals surface area contributed by atoms with Gasteiger partial charge in [-0.25, -0.2) is 0 Å². The van der Waals surface area contributed by atoms with Crippen molar-refractivity contribution >= 4 is 22.7 Å². The van der Waals surface area contributed by atoms with E-state index in [9.17, 15) is 9.59 Å². The third kappa shape index (κ3) is 6.21. The summed E-state index contributed by atoms with van der Waals surface area (Å²) in [6, 6.07) is 19.7. The first kappa shape index (κ1) is 24.3. The molecule has 35 heavy (non-hydrogen) atoms. The van der Waals surface area contributed by atoms with E-state index in [0.717, 1.165) is 17.5 Å². The molecule has 0 saturated heterocycles. The van der Waals surface area contributed by atoms with Gasteiger partial charge in [0.1, 0.15) is 6.54 Å². The number of H-pyrrole nitrogens is 1. The fourth-order valence-electron chi connectivity index (χ4n) is 4.28. The Morgan fingerprint density at radius 3 is 2.46 bits per heavy atom. The van der Waals surface area contributed by atoms with Crippen LogP contribution in [0.5, 0.6) is 0 Å². The summed E-state index contributed by atoms with van der Waals surface area (Å²) in [6.45, 7) is 7.66. The lowest BCUT2D eigenvalue weighted by atomic mass is 10.1. The van der Waals surface area contributed by atoms with Crippen molar-refractivity contribution < 1.29 is 14.0 Å². The van der Waals surface area contributed by atoms with E-state index in [-0.39, 0.29) is 30.0 Å². The third-order valence-corrected chi connectivity index (χ3v) is 6.10. The van der Waals surface area contributed by atoms with E-state index in [1.807, 2.05) is 44.0 Å². The molecule has 2 heterocycles. The molecule has 0 saturated carbocycles. The molecular weight excluding hydrogens is 438 g/mol. The number of hydrogen-bond acceptors (Lipinski definition) is 3. The summed E-state index contributed by atoms with van der Waals surface area (Å²) in [7, 11) is 0. The molecule has 0 aliphatic rings. The number of aryl methyl sites for hydroxylation is 1. The number of amides is 2. The van der Waals surface area contributed by atoms with Gasteiger partial charge in [0.15, 0.2) is 5.76 Å². The maximum Gasteiger partial charge on any atom is 0.290 e. The van der Waals surface area contributed by atoms with Gasteiger partial charge >= 0.3 is 0 Å². The highest BCUT2D eigenvalue weighted by Gasteiger charge is 2.25. The molecule has 0 unspecified atom stereocenters. The minimum Gasteiger partial charge on any atom is -0.459 e. The second-order valence-corrected chi connectivity index (χ2v) is 9.47. The molecule has 0 radical (unpaired) electrons. The molecule has 6 nitrogen and oxygen atoms in total. The van der Waals surface area contributed by atoms with Crippen molar-refractivity contribution in [3.63, 3.8) is 0 Å². The lowest BCUT2D eigenvalue weighted by molar-refractivity contribution is -0.132. The second-order valence-electron chi connectivity index (χ2n) is 9.47. The largest absolute Gasteiger partial charge is 0.459 e. The number of aromatic amines is 1. The Balaban J connectivity index is 1.53. The van der Waals surface area contributed by atoms with Crippen LogP contribution in [0.15, 0.2) is 77.5 Å². The Hall–Kier alpha value is -3.80. The van der Waals surface area contributed by atoms with Crippen molar-refractivity contribution in [3.8, 4) is 0 Å². The fraction of sp³-hybridized carbons (Fsp3) is 0.310. The van der Waals surface area contributed by atoms with Crippen LogP contribution in [-0.4, -0.2) is 46.2 Å². The molecule has 2 aromatic carbocycles. The van der Waals surface area contributed by atoms with Crippen LogP contribution in [0.25, 0.3) is 10.9 Å². The summed E-state index contributed by atoms with van der Waals surface area (Å²) >= 11 is 0. The molecule has 1 N–H and O–H groups in total. The SMILES string of the molecule is Cc1ccc(CN(CCc2c[nH]c3ccccc23)C(=O)CN(CC(C)C)C(=O)c2ccco2)cc1. The number of carbonyl (C=O) groups is 2. The summed E-state index contributed by atoms with van der Waals surface area (Å²) in [6.07, 6.45) is 4.22. The summed E-state index contributed by atoms with van der Waals surface area (Å²) < 4.78 is 5.32. The lowest BCUT2D eigenvalue weighted by Crippen LogP contribution is -2.44. The van der Waals surface area contributed by atoms with Gasteiger partial charge in [-0.05, 0) is 48.6 Å². The van der Waals surface area contributed by atoms with Crippen LogP contribution in [0.4, 0.5) is 0 Å². The fourth-order valence-corrected chi connectivity index (χ4v) is 4.28. The first-order valence-electron chi connectivity index (χ1n) is 12.1. The highest BCUT2D eigenvalue weighted by molar-refractivity contribution is 5.94. The number of para-hydroxylation sites is 1.